The third-order valence-electron chi connectivity index (χ3n) is 4.12. The number of hydrogen-bond acceptors (Lipinski definition) is 2. The summed E-state index contributed by atoms with van der Waals surface area (Å²) in [6.07, 6.45) is 1.71. The second-order valence-electron chi connectivity index (χ2n) is 5.46. The Bertz CT molecular complexity index is 881. The Morgan fingerprint density at radius 2 is 1.90 bits per heavy atom. The summed E-state index contributed by atoms with van der Waals surface area (Å²) in [4.78, 5) is 15.5. The number of hydrogen-bond donors (Lipinski definition) is 3. The van der Waals surface area contributed by atoms with Crippen LogP contribution in [-0.4, -0.2) is 16.0 Å². The number of aliphatic hydroxyl groups is 1. The molecule has 0 saturated heterocycles. The minimum atomic E-state index is -1.65. The molecule has 0 saturated carbocycles. The smallest absolute Gasteiger partial charge is 0.265 e. The second kappa shape index (κ2) is 3.96. The molecule has 3 N–H and O–H groups in total. The number of carbonyl (C=O) groups is 1. The number of rotatable bonds is 1. The van der Waals surface area contributed by atoms with Gasteiger partial charge in [-0.2, -0.15) is 0 Å². The van der Waals surface area contributed by atoms with E-state index >= 15 is 0 Å². The Morgan fingerprint density at radius 1 is 1.10 bits per heavy atom. The SMILES string of the molecule is Cc1ccc2[nH]cc(C3(O)C(=O)Nc4ccccc43)c2c1. The zero-order chi connectivity index (χ0) is 14.6. The van der Waals surface area contributed by atoms with Gasteiger partial charge in [-0.1, -0.05) is 29.8 Å². The van der Waals surface area contributed by atoms with Crippen LogP contribution in [0, 0.1) is 6.92 Å². The molecule has 2 aromatic carbocycles. The molecule has 0 bridgehead atoms. The summed E-state index contributed by atoms with van der Waals surface area (Å²) >= 11 is 0. The van der Waals surface area contributed by atoms with Gasteiger partial charge in [0, 0.05) is 33.9 Å². The maximum atomic E-state index is 12.4. The number of benzene rings is 2. The highest BCUT2D eigenvalue weighted by atomic mass is 16.3. The van der Waals surface area contributed by atoms with E-state index in [9.17, 15) is 9.90 Å². The fraction of sp³-hybridized carbons (Fsp3) is 0.118. The number of aromatic nitrogens is 1. The quantitative estimate of drug-likeness (QED) is 0.640. The highest BCUT2D eigenvalue weighted by Gasteiger charge is 2.47. The van der Waals surface area contributed by atoms with E-state index < -0.39 is 11.5 Å². The van der Waals surface area contributed by atoms with Gasteiger partial charge in [0.2, 0.25) is 0 Å². The van der Waals surface area contributed by atoms with Crippen molar-refractivity contribution in [2.75, 3.05) is 5.32 Å². The second-order valence-corrected chi connectivity index (χ2v) is 5.46. The third-order valence-corrected chi connectivity index (χ3v) is 4.12. The number of fused-ring (bicyclic) bond motifs is 2. The number of aryl methyl sites for hydroxylation is 1. The normalized spacial score (nSPS) is 20.6. The molecule has 4 heteroatoms. The van der Waals surface area contributed by atoms with Gasteiger partial charge in [0.25, 0.3) is 5.91 Å². The molecule has 1 aliphatic rings. The van der Waals surface area contributed by atoms with Gasteiger partial charge in [-0.3, -0.25) is 4.79 Å². The van der Waals surface area contributed by atoms with Crippen molar-refractivity contribution in [3.8, 4) is 0 Å². The Labute approximate surface area is 121 Å². The molecule has 1 aromatic heterocycles. The molecule has 4 nitrogen and oxygen atoms in total. The zero-order valence-electron chi connectivity index (χ0n) is 11.5. The highest BCUT2D eigenvalue weighted by molar-refractivity contribution is 6.09. The van der Waals surface area contributed by atoms with Crippen molar-refractivity contribution >= 4 is 22.5 Å². The van der Waals surface area contributed by atoms with Gasteiger partial charge in [-0.05, 0) is 25.1 Å². The number of nitrogens with one attached hydrogen (secondary N) is 2. The molecule has 0 fully saturated rings. The van der Waals surface area contributed by atoms with Crippen LogP contribution in [0.15, 0.2) is 48.7 Å². The first-order valence-electron chi connectivity index (χ1n) is 6.82. The van der Waals surface area contributed by atoms with Crippen molar-refractivity contribution in [1.29, 1.82) is 0 Å². The molecule has 104 valence electrons. The topological polar surface area (TPSA) is 65.1 Å². The van der Waals surface area contributed by atoms with Crippen molar-refractivity contribution in [3.63, 3.8) is 0 Å². The average molecular weight is 278 g/mol. The lowest BCUT2D eigenvalue weighted by Gasteiger charge is -2.20. The van der Waals surface area contributed by atoms with Crippen molar-refractivity contribution < 1.29 is 9.90 Å². The lowest BCUT2D eigenvalue weighted by Crippen LogP contribution is -2.35. The van der Waals surface area contributed by atoms with Gasteiger partial charge in [0.1, 0.15) is 0 Å². The summed E-state index contributed by atoms with van der Waals surface area (Å²) in [5.74, 6) is -0.411. The summed E-state index contributed by atoms with van der Waals surface area (Å²) in [7, 11) is 0. The maximum absolute atomic E-state index is 12.4. The molecule has 1 aliphatic heterocycles. The van der Waals surface area contributed by atoms with Gasteiger partial charge >= 0.3 is 0 Å². The molecular formula is C17H14N2O2. The maximum Gasteiger partial charge on any atom is 0.265 e. The first-order chi connectivity index (χ1) is 10.1. The van der Waals surface area contributed by atoms with E-state index in [0.29, 0.717) is 16.8 Å². The minimum absolute atomic E-state index is 0.411. The van der Waals surface area contributed by atoms with Crippen LogP contribution < -0.4 is 5.32 Å². The monoisotopic (exact) mass is 278 g/mol. The fourth-order valence-corrected chi connectivity index (χ4v) is 3.04. The summed E-state index contributed by atoms with van der Waals surface area (Å²) < 4.78 is 0. The lowest BCUT2D eigenvalue weighted by atomic mass is 9.87. The highest BCUT2D eigenvalue weighted by Crippen LogP contribution is 2.43. The zero-order valence-corrected chi connectivity index (χ0v) is 11.5. The van der Waals surface area contributed by atoms with Crippen molar-refractivity contribution in [3.05, 3.63) is 65.4 Å². The van der Waals surface area contributed by atoms with Crippen LogP contribution >= 0.6 is 0 Å². The molecule has 0 radical (unpaired) electrons. The fourth-order valence-electron chi connectivity index (χ4n) is 3.04. The van der Waals surface area contributed by atoms with E-state index in [2.05, 4.69) is 10.3 Å². The van der Waals surface area contributed by atoms with E-state index in [1.807, 2.05) is 37.3 Å². The molecule has 3 aromatic rings. The first kappa shape index (κ1) is 12.2. The Kier molecular flexibility index (Phi) is 2.30. The first-order valence-corrected chi connectivity index (χ1v) is 6.82. The van der Waals surface area contributed by atoms with Gasteiger partial charge in [-0.25, -0.2) is 0 Å². The number of carbonyl (C=O) groups excluding carboxylic acids is 1. The van der Waals surface area contributed by atoms with E-state index in [4.69, 9.17) is 0 Å². The van der Waals surface area contributed by atoms with Crippen LogP contribution in [0.25, 0.3) is 10.9 Å². The average Bonchev–Trinajstić information content (AvgIpc) is 3.00. The number of amides is 1. The van der Waals surface area contributed by atoms with Crippen LogP contribution in [-0.2, 0) is 10.4 Å². The van der Waals surface area contributed by atoms with E-state index in [1.54, 1.807) is 18.3 Å². The molecule has 21 heavy (non-hydrogen) atoms. The largest absolute Gasteiger partial charge is 0.372 e. The number of aromatic amines is 1. The van der Waals surface area contributed by atoms with E-state index in [0.717, 1.165) is 16.5 Å². The molecule has 1 unspecified atom stereocenters. The molecule has 1 amide bonds. The third kappa shape index (κ3) is 1.51. The van der Waals surface area contributed by atoms with Gasteiger partial charge in [-0.15, -0.1) is 0 Å². The van der Waals surface area contributed by atoms with Gasteiger partial charge in [0.05, 0.1) is 0 Å². The predicted molar refractivity (Wildman–Crippen MR) is 81.1 cm³/mol. The molecule has 4 rings (SSSR count). The Balaban J connectivity index is 2.03. The molecule has 0 aliphatic carbocycles. The molecule has 2 heterocycles. The Hall–Kier alpha value is -2.59. The summed E-state index contributed by atoms with van der Waals surface area (Å²) in [6, 6.07) is 13.2. The lowest BCUT2D eigenvalue weighted by molar-refractivity contribution is -0.129. The van der Waals surface area contributed by atoms with Crippen LogP contribution in [0.2, 0.25) is 0 Å². The molecular weight excluding hydrogens is 264 g/mol. The van der Waals surface area contributed by atoms with Crippen molar-refractivity contribution in [1.82, 2.24) is 4.98 Å². The predicted octanol–water partition coefficient (Wildman–Crippen LogP) is 2.66. The van der Waals surface area contributed by atoms with Gasteiger partial charge < -0.3 is 15.4 Å². The molecule has 0 spiro atoms. The number of anilines is 1. The summed E-state index contributed by atoms with van der Waals surface area (Å²) in [6.45, 7) is 1.99. The minimum Gasteiger partial charge on any atom is -0.372 e. The van der Waals surface area contributed by atoms with Crippen LogP contribution in [0.4, 0.5) is 5.69 Å². The number of H-pyrrole nitrogens is 1. The van der Waals surface area contributed by atoms with E-state index in [1.165, 1.54) is 0 Å². The van der Waals surface area contributed by atoms with Crippen molar-refractivity contribution in [2.45, 2.75) is 12.5 Å². The molecule has 1 atom stereocenters. The Morgan fingerprint density at radius 3 is 2.76 bits per heavy atom. The van der Waals surface area contributed by atoms with E-state index in [-0.39, 0.29) is 0 Å². The van der Waals surface area contributed by atoms with Crippen molar-refractivity contribution in [2.24, 2.45) is 0 Å². The summed E-state index contributed by atoms with van der Waals surface area (Å²) in [5.41, 5.74) is 2.18. The number of para-hydroxylation sites is 1. The van der Waals surface area contributed by atoms with Crippen LogP contribution in [0.3, 0.4) is 0 Å². The standard InChI is InChI=1S/C17H14N2O2/c1-10-6-7-14-11(8-10)13(9-18-14)17(21)12-4-2-3-5-15(12)19-16(17)20/h2-9,18,21H,1H3,(H,19,20). The van der Waals surface area contributed by atoms with Gasteiger partial charge in [0.15, 0.2) is 5.60 Å². The van der Waals surface area contributed by atoms with Crippen LogP contribution in [0.5, 0.6) is 0 Å². The van der Waals surface area contributed by atoms with Crippen LogP contribution in [0.1, 0.15) is 16.7 Å². The summed E-state index contributed by atoms with van der Waals surface area (Å²) in [5, 5.41) is 14.7.